The van der Waals surface area contributed by atoms with Crippen LogP contribution in [0.1, 0.15) is 13.3 Å². The SMILES string of the molecule is CC1NCCC1NC(=O)CS(C)(=O)=O. The van der Waals surface area contributed by atoms with Gasteiger partial charge < -0.3 is 10.6 Å². The van der Waals surface area contributed by atoms with Crippen LogP contribution in [0.2, 0.25) is 0 Å². The van der Waals surface area contributed by atoms with E-state index in [1.165, 1.54) is 0 Å². The molecule has 1 fully saturated rings. The molecule has 1 aliphatic rings. The van der Waals surface area contributed by atoms with Crippen molar-refractivity contribution in [2.45, 2.75) is 25.4 Å². The van der Waals surface area contributed by atoms with Gasteiger partial charge in [-0.2, -0.15) is 0 Å². The van der Waals surface area contributed by atoms with Crippen LogP contribution >= 0.6 is 0 Å². The highest BCUT2D eigenvalue weighted by Crippen LogP contribution is 2.05. The second-order valence-electron chi connectivity index (χ2n) is 3.78. The monoisotopic (exact) mass is 220 g/mol. The molecule has 0 bridgehead atoms. The number of carbonyl (C=O) groups is 1. The van der Waals surface area contributed by atoms with Gasteiger partial charge in [-0.25, -0.2) is 8.42 Å². The van der Waals surface area contributed by atoms with E-state index in [9.17, 15) is 13.2 Å². The summed E-state index contributed by atoms with van der Waals surface area (Å²) in [6.07, 6.45) is 1.92. The molecular weight excluding hydrogens is 204 g/mol. The summed E-state index contributed by atoms with van der Waals surface area (Å²) in [7, 11) is -3.21. The lowest BCUT2D eigenvalue weighted by molar-refractivity contribution is -0.119. The van der Waals surface area contributed by atoms with Crippen LogP contribution in [-0.4, -0.2) is 45.0 Å². The fourth-order valence-electron chi connectivity index (χ4n) is 1.54. The molecule has 0 saturated carbocycles. The van der Waals surface area contributed by atoms with Gasteiger partial charge in [0.15, 0.2) is 9.84 Å². The smallest absolute Gasteiger partial charge is 0.235 e. The second kappa shape index (κ2) is 4.27. The molecule has 0 aromatic carbocycles. The van der Waals surface area contributed by atoms with E-state index in [4.69, 9.17) is 0 Å². The first-order valence-electron chi connectivity index (χ1n) is 4.59. The molecule has 0 aromatic rings. The molecule has 1 saturated heterocycles. The lowest BCUT2D eigenvalue weighted by Gasteiger charge is -2.16. The van der Waals surface area contributed by atoms with E-state index in [0.717, 1.165) is 19.2 Å². The van der Waals surface area contributed by atoms with Crippen LogP contribution in [0, 0.1) is 0 Å². The molecule has 6 heteroatoms. The van der Waals surface area contributed by atoms with Crippen LogP contribution in [0.25, 0.3) is 0 Å². The molecule has 82 valence electrons. The summed E-state index contributed by atoms with van der Waals surface area (Å²) in [4.78, 5) is 11.2. The molecule has 0 radical (unpaired) electrons. The van der Waals surface area contributed by atoms with Crippen LogP contribution in [0.4, 0.5) is 0 Å². The van der Waals surface area contributed by atoms with E-state index >= 15 is 0 Å². The summed E-state index contributed by atoms with van der Waals surface area (Å²) in [5.74, 6) is -0.830. The molecule has 1 amide bonds. The number of amides is 1. The Bertz CT molecular complexity index is 313. The Morgan fingerprint density at radius 3 is 2.64 bits per heavy atom. The molecular formula is C8H16N2O3S. The van der Waals surface area contributed by atoms with Crippen molar-refractivity contribution in [2.75, 3.05) is 18.6 Å². The maximum atomic E-state index is 11.2. The minimum absolute atomic E-state index is 0.0595. The molecule has 2 unspecified atom stereocenters. The molecule has 2 N–H and O–H groups in total. The predicted octanol–water partition coefficient (Wildman–Crippen LogP) is -1.10. The lowest BCUT2D eigenvalue weighted by atomic mass is 10.1. The number of sulfone groups is 1. The highest BCUT2D eigenvalue weighted by Gasteiger charge is 2.25. The van der Waals surface area contributed by atoms with Crippen LogP contribution in [0.15, 0.2) is 0 Å². The first-order valence-corrected chi connectivity index (χ1v) is 6.65. The van der Waals surface area contributed by atoms with Gasteiger partial charge in [0.05, 0.1) is 0 Å². The Balaban J connectivity index is 2.41. The van der Waals surface area contributed by atoms with E-state index in [0.29, 0.717) is 0 Å². The van der Waals surface area contributed by atoms with E-state index in [1.807, 2.05) is 6.92 Å². The summed E-state index contributed by atoms with van der Waals surface area (Å²) in [5.41, 5.74) is 0. The highest BCUT2D eigenvalue weighted by atomic mass is 32.2. The van der Waals surface area contributed by atoms with Crippen LogP contribution in [-0.2, 0) is 14.6 Å². The van der Waals surface area contributed by atoms with Gasteiger partial charge >= 0.3 is 0 Å². The average Bonchev–Trinajstić information content (AvgIpc) is 2.32. The van der Waals surface area contributed by atoms with Gasteiger partial charge in [0.25, 0.3) is 0 Å². The molecule has 0 spiro atoms. The first-order chi connectivity index (χ1) is 6.38. The maximum absolute atomic E-state index is 11.2. The van der Waals surface area contributed by atoms with E-state index in [2.05, 4.69) is 10.6 Å². The van der Waals surface area contributed by atoms with Gasteiger partial charge in [-0.3, -0.25) is 4.79 Å². The largest absolute Gasteiger partial charge is 0.351 e. The quantitative estimate of drug-likeness (QED) is 0.633. The highest BCUT2D eigenvalue weighted by molar-refractivity contribution is 7.91. The van der Waals surface area contributed by atoms with E-state index in [1.54, 1.807) is 0 Å². The Hall–Kier alpha value is -0.620. The predicted molar refractivity (Wildman–Crippen MR) is 53.7 cm³/mol. The standard InChI is InChI=1S/C8H16N2O3S/c1-6-7(3-4-9-6)10-8(11)5-14(2,12)13/h6-7,9H,3-5H2,1-2H3,(H,10,11). The van der Waals surface area contributed by atoms with Crippen molar-refractivity contribution < 1.29 is 13.2 Å². The molecule has 14 heavy (non-hydrogen) atoms. The Kier molecular flexibility index (Phi) is 3.49. The fraction of sp³-hybridized carbons (Fsp3) is 0.875. The number of carbonyl (C=O) groups excluding carboxylic acids is 1. The van der Waals surface area contributed by atoms with Gasteiger partial charge in [-0.1, -0.05) is 0 Å². The number of rotatable bonds is 3. The van der Waals surface area contributed by atoms with Gasteiger partial charge in [0.1, 0.15) is 5.75 Å². The van der Waals surface area contributed by atoms with Crippen molar-refractivity contribution in [3.63, 3.8) is 0 Å². The summed E-state index contributed by atoms with van der Waals surface area (Å²) in [6.45, 7) is 2.84. The Morgan fingerprint density at radius 2 is 2.21 bits per heavy atom. The van der Waals surface area contributed by atoms with Crippen molar-refractivity contribution in [3.8, 4) is 0 Å². The third-order valence-corrected chi connectivity index (χ3v) is 3.05. The van der Waals surface area contributed by atoms with E-state index < -0.39 is 21.5 Å². The van der Waals surface area contributed by atoms with Crippen molar-refractivity contribution in [2.24, 2.45) is 0 Å². The van der Waals surface area contributed by atoms with Crippen molar-refractivity contribution >= 4 is 15.7 Å². The van der Waals surface area contributed by atoms with Gasteiger partial charge in [-0.15, -0.1) is 0 Å². The zero-order valence-electron chi connectivity index (χ0n) is 8.41. The van der Waals surface area contributed by atoms with Crippen molar-refractivity contribution in [1.29, 1.82) is 0 Å². The van der Waals surface area contributed by atoms with E-state index in [-0.39, 0.29) is 12.1 Å². The molecule has 1 aliphatic heterocycles. The number of hydrogen-bond donors (Lipinski definition) is 2. The Morgan fingerprint density at radius 1 is 1.57 bits per heavy atom. The third-order valence-electron chi connectivity index (χ3n) is 2.26. The number of hydrogen-bond acceptors (Lipinski definition) is 4. The van der Waals surface area contributed by atoms with Crippen LogP contribution in [0.5, 0.6) is 0 Å². The normalized spacial score (nSPS) is 27.6. The zero-order chi connectivity index (χ0) is 10.8. The summed E-state index contributed by atoms with van der Waals surface area (Å²) in [5, 5.41) is 5.88. The first kappa shape index (κ1) is 11.5. The number of nitrogens with one attached hydrogen (secondary N) is 2. The molecule has 2 atom stereocenters. The van der Waals surface area contributed by atoms with Crippen LogP contribution in [0.3, 0.4) is 0 Å². The maximum Gasteiger partial charge on any atom is 0.235 e. The van der Waals surface area contributed by atoms with Crippen molar-refractivity contribution in [1.82, 2.24) is 10.6 Å². The molecule has 5 nitrogen and oxygen atoms in total. The molecule has 0 aromatic heterocycles. The van der Waals surface area contributed by atoms with Crippen LogP contribution < -0.4 is 10.6 Å². The molecule has 0 aliphatic carbocycles. The third kappa shape index (κ3) is 3.63. The van der Waals surface area contributed by atoms with Gasteiger partial charge in [-0.05, 0) is 19.9 Å². The zero-order valence-corrected chi connectivity index (χ0v) is 9.23. The molecule has 1 heterocycles. The summed E-state index contributed by atoms with van der Waals surface area (Å²) < 4.78 is 21.6. The topological polar surface area (TPSA) is 75.3 Å². The lowest BCUT2D eigenvalue weighted by Crippen LogP contribution is -2.43. The summed E-state index contributed by atoms with van der Waals surface area (Å²) in [6, 6.07) is 0.280. The molecule has 1 rings (SSSR count). The summed E-state index contributed by atoms with van der Waals surface area (Å²) >= 11 is 0. The minimum Gasteiger partial charge on any atom is -0.351 e. The Labute approximate surface area is 84.2 Å². The average molecular weight is 220 g/mol. The second-order valence-corrected chi connectivity index (χ2v) is 5.92. The van der Waals surface area contributed by atoms with Gasteiger partial charge in [0, 0.05) is 18.3 Å². The van der Waals surface area contributed by atoms with Crippen molar-refractivity contribution in [3.05, 3.63) is 0 Å². The minimum atomic E-state index is -3.21. The fourth-order valence-corrected chi connectivity index (χ4v) is 2.10. The van der Waals surface area contributed by atoms with Gasteiger partial charge in [0.2, 0.25) is 5.91 Å².